The van der Waals surface area contributed by atoms with Crippen molar-refractivity contribution in [3.63, 3.8) is 0 Å². The molecule has 1 amide bonds. The molecule has 594 valence electrons. The Morgan fingerprint density at radius 1 is 0.363 bits per heavy atom. The monoisotopic (exact) mass is 1440 g/mol. The molecule has 14 nitrogen and oxygen atoms in total. The average molecular weight is 1440 g/mol. The van der Waals surface area contributed by atoms with E-state index in [4.69, 9.17) is 18.9 Å². The van der Waals surface area contributed by atoms with Crippen LogP contribution in [0.2, 0.25) is 0 Å². The molecule has 0 aromatic carbocycles. The predicted molar refractivity (Wildman–Crippen MR) is 424 cm³/mol. The second-order valence-corrected chi connectivity index (χ2v) is 29.9. The number of allylic oxidation sites excluding steroid dienone is 13. The van der Waals surface area contributed by atoms with E-state index in [9.17, 15) is 45.6 Å². The molecule has 2 aliphatic heterocycles. The number of carbonyl (C=O) groups excluding carboxylic acids is 1. The first kappa shape index (κ1) is 95.2. The van der Waals surface area contributed by atoms with E-state index in [1.54, 1.807) is 6.08 Å². The number of nitrogens with one attached hydrogen (secondary N) is 1. The van der Waals surface area contributed by atoms with Gasteiger partial charge in [0.15, 0.2) is 12.6 Å². The van der Waals surface area contributed by atoms with Crippen LogP contribution in [0.1, 0.15) is 373 Å². The Kier molecular flexibility index (Phi) is 66.4. The molecule has 2 saturated heterocycles. The van der Waals surface area contributed by atoms with Gasteiger partial charge in [-0.05, 0) is 70.6 Å². The van der Waals surface area contributed by atoms with Crippen molar-refractivity contribution >= 4 is 5.91 Å². The molecule has 14 heteroatoms. The predicted octanol–water partition coefficient (Wildman–Crippen LogP) is 20.3. The van der Waals surface area contributed by atoms with Crippen molar-refractivity contribution in [2.24, 2.45) is 0 Å². The fraction of sp³-hybridized carbons (Fsp3) is 0.830. The molecular weight excluding hydrogens is 1280 g/mol. The quantitative estimate of drug-likeness (QED) is 0.0204. The maximum Gasteiger partial charge on any atom is 0.220 e. The highest BCUT2D eigenvalue weighted by atomic mass is 16.7. The van der Waals surface area contributed by atoms with Crippen LogP contribution in [0.15, 0.2) is 85.1 Å². The third-order valence-corrected chi connectivity index (χ3v) is 20.6. The summed E-state index contributed by atoms with van der Waals surface area (Å²) in [5, 5.41) is 87.8. The van der Waals surface area contributed by atoms with Crippen LogP contribution in [0.25, 0.3) is 0 Å². The summed E-state index contributed by atoms with van der Waals surface area (Å²) in [4.78, 5) is 13.4. The van der Waals surface area contributed by atoms with Crippen LogP contribution in [0, 0.1) is 0 Å². The summed E-state index contributed by atoms with van der Waals surface area (Å²) in [5.41, 5.74) is 0. The molecule has 9 N–H and O–H groups in total. The molecule has 12 atom stereocenters. The first-order valence-electron chi connectivity index (χ1n) is 42.8. The zero-order valence-corrected chi connectivity index (χ0v) is 65.3. The van der Waals surface area contributed by atoms with Gasteiger partial charge in [-0.2, -0.15) is 0 Å². The molecular formula is C88H159NO13. The average Bonchev–Trinajstić information content (AvgIpc) is 0.790. The van der Waals surface area contributed by atoms with Gasteiger partial charge >= 0.3 is 0 Å². The van der Waals surface area contributed by atoms with Crippen molar-refractivity contribution in [1.29, 1.82) is 0 Å². The zero-order chi connectivity index (χ0) is 73.7. The fourth-order valence-electron chi connectivity index (χ4n) is 13.9. The van der Waals surface area contributed by atoms with Gasteiger partial charge in [0.25, 0.3) is 0 Å². The lowest BCUT2D eigenvalue weighted by atomic mass is 9.97. The normalized spacial score (nSPS) is 22.1. The van der Waals surface area contributed by atoms with E-state index >= 15 is 0 Å². The number of hydrogen-bond donors (Lipinski definition) is 9. The SMILES string of the molecule is CC/C=C\C/C=C\C/C=C\C/C=C\C/C=C\C/C=C\CCCCCCCCCCCCCCCCCCCCC(=O)NC(COC1OC(CO)C(OC2OC(CO)C(O)C(O)C2O)C(O)C1O)C(O)/C=C/CCCCCCCCCCCCCCCCCCCCCCCCCCCCCCC. The van der Waals surface area contributed by atoms with Gasteiger partial charge < -0.3 is 65.1 Å². The summed E-state index contributed by atoms with van der Waals surface area (Å²) in [6.45, 7) is 2.74. The molecule has 102 heavy (non-hydrogen) atoms. The Labute approximate surface area is 624 Å². The van der Waals surface area contributed by atoms with Crippen molar-refractivity contribution < 1.29 is 64.6 Å². The number of unbranched alkanes of at least 4 members (excludes halogenated alkanes) is 47. The highest BCUT2D eigenvalue weighted by molar-refractivity contribution is 5.76. The van der Waals surface area contributed by atoms with E-state index in [-0.39, 0.29) is 18.9 Å². The fourth-order valence-corrected chi connectivity index (χ4v) is 13.9. The minimum atomic E-state index is -1.79. The summed E-state index contributed by atoms with van der Waals surface area (Å²) < 4.78 is 23.0. The van der Waals surface area contributed by atoms with Crippen LogP contribution in [0.5, 0.6) is 0 Å². The standard InChI is InChI=1S/C88H159NO13/c1-3-5-7-9-11-13-15-17-19-21-23-25-27-29-31-33-35-36-37-38-39-40-42-44-46-48-50-52-54-56-58-60-62-64-66-68-70-72-80(93)89-76(75-99-87-85(98)83(96)86(79(74-91)101-87)102-88-84(97)82(95)81(94)78(73-90)100-88)77(92)71-69-67-65-63-61-59-57-55-53-51-49-47-45-43-41-34-32-30-28-26-24-22-20-18-16-14-12-10-8-6-4-2/h5,7,11,13,17,19,23,25,29,31,35-36,69,71,76-79,81-88,90-92,94-98H,3-4,6,8-10,12,14-16,18,20-22,24,26-28,30,32-34,37-68,70,72-75H2,1-2H3,(H,89,93)/b7-5-,13-11-,19-17-,25-23-,31-29-,36-35-,71-69+. The van der Waals surface area contributed by atoms with Crippen LogP contribution in [-0.4, -0.2) is 140 Å². The van der Waals surface area contributed by atoms with Gasteiger partial charge in [-0.3, -0.25) is 4.79 Å². The van der Waals surface area contributed by atoms with Gasteiger partial charge in [0.1, 0.15) is 48.8 Å². The first-order valence-corrected chi connectivity index (χ1v) is 42.8. The number of carbonyl (C=O) groups is 1. The Morgan fingerprint density at radius 2 is 0.676 bits per heavy atom. The molecule has 0 aromatic rings. The van der Waals surface area contributed by atoms with Crippen molar-refractivity contribution in [1.82, 2.24) is 5.32 Å². The van der Waals surface area contributed by atoms with Crippen LogP contribution >= 0.6 is 0 Å². The number of rotatable bonds is 72. The van der Waals surface area contributed by atoms with Crippen LogP contribution in [-0.2, 0) is 23.7 Å². The van der Waals surface area contributed by atoms with Gasteiger partial charge in [0.2, 0.25) is 5.91 Å². The van der Waals surface area contributed by atoms with Gasteiger partial charge in [-0.25, -0.2) is 0 Å². The largest absolute Gasteiger partial charge is 0.394 e. The van der Waals surface area contributed by atoms with E-state index in [0.717, 1.165) is 77.0 Å². The number of aliphatic hydroxyl groups excluding tert-OH is 8. The minimum Gasteiger partial charge on any atom is -0.394 e. The van der Waals surface area contributed by atoms with Crippen LogP contribution in [0.3, 0.4) is 0 Å². The second-order valence-electron chi connectivity index (χ2n) is 29.9. The summed E-state index contributed by atoms with van der Waals surface area (Å²) in [6, 6.07) is -0.920. The molecule has 12 unspecified atom stereocenters. The first-order chi connectivity index (χ1) is 50.1. The Hall–Kier alpha value is -2.83. The third-order valence-electron chi connectivity index (χ3n) is 20.6. The third kappa shape index (κ3) is 53.0. The highest BCUT2D eigenvalue weighted by Gasteiger charge is 2.51. The van der Waals surface area contributed by atoms with Crippen molar-refractivity contribution in [2.45, 2.75) is 447 Å². The van der Waals surface area contributed by atoms with Crippen molar-refractivity contribution in [3.05, 3.63) is 85.1 Å². The number of hydrogen-bond acceptors (Lipinski definition) is 13. The maximum atomic E-state index is 13.4. The zero-order valence-electron chi connectivity index (χ0n) is 65.3. The molecule has 2 aliphatic rings. The molecule has 0 saturated carbocycles. The van der Waals surface area contributed by atoms with E-state index in [1.807, 2.05) is 6.08 Å². The molecule has 0 spiro atoms. The summed E-state index contributed by atoms with van der Waals surface area (Å²) in [7, 11) is 0. The summed E-state index contributed by atoms with van der Waals surface area (Å²) in [5.74, 6) is -0.235. The van der Waals surface area contributed by atoms with Gasteiger partial charge in [-0.1, -0.05) is 381 Å². The lowest BCUT2D eigenvalue weighted by Gasteiger charge is -2.46. The van der Waals surface area contributed by atoms with E-state index in [2.05, 4.69) is 92.1 Å². The van der Waals surface area contributed by atoms with Crippen molar-refractivity contribution in [3.8, 4) is 0 Å². The molecule has 0 aromatic heterocycles. The second kappa shape index (κ2) is 71.1. The maximum absolute atomic E-state index is 13.4. The summed E-state index contributed by atoms with van der Waals surface area (Å²) >= 11 is 0. The van der Waals surface area contributed by atoms with Gasteiger partial charge in [-0.15, -0.1) is 0 Å². The number of amides is 1. The lowest BCUT2D eigenvalue weighted by molar-refractivity contribution is -0.359. The number of aliphatic hydroxyl groups is 8. The Balaban J connectivity index is 1.59. The highest BCUT2D eigenvalue weighted by Crippen LogP contribution is 2.30. The Morgan fingerprint density at radius 3 is 1.04 bits per heavy atom. The Bertz CT molecular complexity index is 2040. The van der Waals surface area contributed by atoms with Crippen LogP contribution in [0.4, 0.5) is 0 Å². The topological polar surface area (TPSA) is 228 Å². The molecule has 2 fully saturated rings. The molecule has 0 radical (unpaired) electrons. The minimum absolute atomic E-state index is 0.235. The van der Waals surface area contributed by atoms with E-state index in [0.29, 0.717) is 6.42 Å². The molecule has 2 rings (SSSR count). The smallest absolute Gasteiger partial charge is 0.220 e. The van der Waals surface area contributed by atoms with E-state index in [1.165, 1.54) is 270 Å². The van der Waals surface area contributed by atoms with Crippen LogP contribution < -0.4 is 5.32 Å². The molecule has 2 heterocycles. The summed E-state index contributed by atoms with van der Waals surface area (Å²) in [6.07, 6.45) is 83.9. The number of ether oxygens (including phenoxy) is 4. The van der Waals surface area contributed by atoms with Gasteiger partial charge in [0, 0.05) is 6.42 Å². The van der Waals surface area contributed by atoms with Gasteiger partial charge in [0.05, 0.1) is 32.0 Å². The van der Waals surface area contributed by atoms with Crippen molar-refractivity contribution in [2.75, 3.05) is 19.8 Å². The molecule has 0 bridgehead atoms. The van der Waals surface area contributed by atoms with E-state index < -0.39 is 86.8 Å². The lowest BCUT2D eigenvalue weighted by Crippen LogP contribution is -2.65. The molecule has 0 aliphatic carbocycles.